The van der Waals surface area contributed by atoms with Crippen LogP contribution in [0.1, 0.15) is 15.4 Å². The standard InChI is InChI=1S/C17H16N2O3S2/c1-10-15(24-17(18-10)14-5-4-6-23-14)16(20)19-11-7-12(21-2)9-13(8-11)22-3/h4-9H,1-3H3,(H,19,20). The molecule has 2 heterocycles. The Morgan fingerprint density at radius 2 is 1.88 bits per heavy atom. The Balaban J connectivity index is 1.85. The molecule has 0 fully saturated rings. The van der Waals surface area contributed by atoms with Gasteiger partial charge in [-0.25, -0.2) is 4.98 Å². The summed E-state index contributed by atoms with van der Waals surface area (Å²) in [6.45, 7) is 1.84. The van der Waals surface area contributed by atoms with Gasteiger partial charge < -0.3 is 14.8 Å². The van der Waals surface area contributed by atoms with Crippen LogP contribution in [0.3, 0.4) is 0 Å². The molecule has 24 heavy (non-hydrogen) atoms. The molecule has 7 heteroatoms. The first-order chi connectivity index (χ1) is 11.6. The van der Waals surface area contributed by atoms with Crippen LogP contribution >= 0.6 is 22.7 Å². The van der Waals surface area contributed by atoms with E-state index in [4.69, 9.17) is 9.47 Å². The predicted molar refractivity (Wildman–Crippen MR) is 97.7 cm³/mol. The number of ether oxygens (including phenoxy) is 2. The summed E-state index contributed by atoms with van der Waals surface area (Å²) in [5, 5.41) is 5.73. The molecule has 0 radical (unpaired) electrons. The fourth-order valence-electron chi connectivity index (χ4n) is 2.18. The van der Waals surface area contributed by atoms with E-state index in [0.29, 0.717) is 22.1 Å². The summed E-state index contributed by atoms with van der Waals surface area (Å²) < 4.78 is 10.4. The normalized spacial score (nSPS) is 10.5. The Labute approximate surface area is 147 Å². The quantitative estimate of drug-likeness (QED) is 0.730. The van der Waals surface area contributed by atoms with Gasteiger partial charge in [-0.15, -0.1) is 22.7 Å². The monoisotopic (exact) mass is 360 g/mol. The zero-order chi connectivity index (χ0) is 17.1. The van der Waals surface area contributed by atoms with Crippen LogP contribution in [0.2, 0.25) is 0 Å². The molecule has 3 rings (SSSR count). The Morgan fingerprint density at radius 1 is 1.17 bits per heavy atom. The summed E-state index contributed by atoms with van der Waals surface area (Å²) in [6, 6.07) is 9.22. The van der Waals surface area contributed by atoms with Crippen LogP contribution < -0.4 is 14.8 Å². The molecule has 0 aliphatic carbocycles. The maximum atomic E-state index is 12.6. The van der Waals surface area contributed by atoms with Crippen LogP contribution in [0.4, 0.5) is 5.69 Å². The van der Waals surface area contributed by atoms with Crippen LogP contribution in [-0.2, 0) is 0 Å². The lowest BCUT2D eigenvalue weighted by molar-refractivity contribution is 0.103. The second-order valence-corrected chi connectivity index (χ2v) is 6.91. The number of aryl methyl sites for hydroxylation is 1. The number of nitrogens with one attached hydrogen (secondary N) is 1. The average molecular weight is 360 g/mol. The van der Waals surface area contributed by atoms with Gasteiger partial charge in [-0.05, 0) is 18.4 Å². The van der Waals surface area contributed by atoms with E-state index in [9.17, 15) is 4.79 Å². The number of hydrogen-bond donors (Lipinski definition) is 1. The number of methoxy groups -OCH3 is 2. The highest BCUT2D eigenvalue weighted by Gasteiger charge is 2.17. The van der Waals surface area contributed by atoms with Crippen molar-refractivity contribution in [2.75, 3.05) is 19.5 Å². The van der Waals surface area contributed by atoms with E-state index in [1.807, 2.05) is 24.4 Å². The first-order valence-electron chi connectivity index (χ1n) is 7.16. The molecule has 0 aliphatic heterocycles. The van der Waals surface area contributed by atoms with Crippen molar-refractivity contribution in [3.8, 4) is 21.4 Å². The number of amides is 1. The van der Waals surface area contributed by atoms with E-state index >= 15 is 0 Å². The molecule has 0 atom stereocenters. The van der Waals surface area contributed by atoms with Gasteiger partial charge in [0, 0.05) is 23.9 Å². The second kappa shape index (κ2) is 7.02. The van der Waals surface area contributed by atoms with Crippen molar-refractivity contribution in [3.05, 3.63) is 46.3 Å². The smallest absolute Gasteiger partial charge is 0.267 e. The molecule has 0 bridgehead atoms. The van der Waals surface area contributed by atoms with Crippen molar-refractivity contribution in [1.82, 2.24) is 4.98 Å². The van der Waals surface area contributed by atoms with Crippen molar-refractivity contribution in [2.24, 2.45) is 0 Å². The summed E-state index contributed by atoms with van der Waals surface area (Å²) >= 11 is 3.00. The molecule has 0 spiro atoms. The lowest BCUT2D eigenvalue weighted by Gasteiger charge is -2.09. The first kappa shape index (κ1) is 16.5. The lowest BCUT2D eigenvalue weighted by atomic mass is 10.2. The van der Waals surface area contributed by atoms with Crippen molar-refractivity contribution < 1.29 is 14.3 Å². The van der Waals surface area contributed by atoms with Gasteiger partial charge in [0.05, 0.1) is 24.8 Å². The summed E-state index contributed by atoms with van der Waals surface area (Å²) in [4.78, 5) is 18.8. The van der Waals surface area contributed by atoms with Crippen LogP contribution in [0.25, 0.3) is 9.88 Å². The third-order valence-electron chi connectivity index (χ3n) is 3.34. The van der Waals surface area contributed by atoms with E-state index < -0.39 is 0 Å². The minimum Gasteiger partial charge on any atom is -0.497 e. The van der Waals surface area contributed by atoms with Crippen molar-refractivity contribution in [2.45, 2.75) is 6.92 Å². The van der Waals surface area contributed by atoms with E-state index in [1.54, 1.807) is 43.8 Å². The molecule has 5 nitrogen and oxygen atoms in total. The summed E-state index contributed by atoms with van der Waals surface area (Å²) in [6.07, 6.45) is 0. The van der Waals surface area contributed by atoms with Crippen molar-refractivity contribution in [3.63, 3.8) is 0 Å². The number of anilines is 1. The molecule has 0 unspecified atom stereocenters. The zero-order valence-electron chi connectivity index (χ0n) is 13.5. The highest BCUT2D eigenvalue weighted by molar-refractivity contribution is 7.22. The molecule has 0 saturated heterocycles. The molecule has 2 aromatic heterocycles. The Hall–Kier alpha value is -2.38. The lowest BCUT2D eigenvalue weighted by Crippen LogP contribution is -2.11. The Morgan fingerprint density at radius 3 is 2.46 bits per heavy atom. The average Bonchev–Trinajstić information content (AvgIpc) is 3.23. The number of thiazole rings is 1. The SMILES string of the molecule is COc1cc(NC(=O)c2sc(-c3cccs3)nc2C)cc(OC)c1. The molecule has 0 saturated carbocycles. The highest BCUT2D eigenvalue weighted by atomic mass is 32.1. The number of aromatic nitrogens is 1. The Kier molecular flexibility index (Phi) is 4.82. The Bertz CT molecular complexity index is 835. The molecule has 0 aliphatic rings. The first-order valence-corrected chi connectivity index (χ1v) is 8.86. The molecule has 3 aromatic rings. The summed E-state index contributed by atoms with van der Waals surface area (Å²) in [5.41, 5.74) is 1.33. The molecule has 1 aromatic carbocycles. The summed E-state index contributed by atoms with van der Waals surface area (Å²) in [7, 11) is 3.14. The van der Waals surface area contributed by atoms with Crippen LogP contribution in [0.5, 0.6) is 11.5 Å². The van der Waals surface area contributed by atoms with Crippen molar-refractivity contribution in [1.29, 1.82) is 0 Å². The maximum Gasteiger partial charge on any atom is 0.267 e. The van der Waals surface area contributed by atoms with Crippen molar-refractivity contribution >= 4 is 34.3 Å². The largest absolute Gasteiger partial charge is 0.497 e. The number of rotatable bonds is 5. The van der Waals surface area contributed by atoms with Gasteiger partial charge in [0.2, 0.25) is 0 Å². The minimum atomic E-state index is -0.192. The minimum absolute atomic E-state index is 0.192. The molecular weight excluding hydrogens is 344 g/mol. The van der Waals surface area contributed by atoms with Gasteiger partial charge in [-0.2, -0.15) is 0 Å². The van der Waals surface area contributed by atoms with Gasteiger partial charge >= 0.3 is 0 Å². The fourth-order valence-corrected chi connectivity index (χ4v) is 3.94. The van der Waals surface area contributed by atoms with Gasteiger partial charge in [-0.1, -0.05) is 6.07 Å². The van der Waals surface area contributed by atoms with Crippen LogP contribution in [0, 0.1) is 6.92 Å². The highest BCUT2D eigenvalue weighted by Crippen LogP contribution is 2.32. The van der Waals surface area contributed by atoms with E-state index in [-0.39, 0.29) is 5.91 Å². The maximum absolute atomic E-state index is 12.6. The number of carbonyl (C=O) groups is 1. The molecule has 1 amide bonds. The third kappa shape index (κ3) is 3.42. The third-order valence-corrected chi connectivity index (χ3v) is 5.54. The van der Waals surface area contributed by atoms with Gasteiger partial charge in [0.15, 0.2) is 0 Å². The van der Waals surface area contributed by atoms with E-state index in [2.05, 4.69) is 10.3 Å². The fraction of sp³-hybridized carbons (Fsp3) is 0.176. The van der Waals surface area contributed by atoms with Gasteiger partial charge in [-0.3, -0.25) is 4.79 Å². The zero-order valence-corrected chi connectivity index (χ0v) is 15.1. The summed E-state index contributed by atoms with van der Waals surface area (Å²) in [5.74, 6) is 1.04. The van der Waals surface area contributed by atoms with Gasteiger partial charge in [0.1, 0.15) is 21.4 Å². The number of benzene rings is 1. The van der Waals surface area contributed by atoms with Crippen LogP contribution in [-0.4, -0.2) is 25.1 Å². The van der Waals surface area contributed by atoms with Crippen LogP contribution in [0.15, 0.2) is 35.7 Å². The second-order valence-electron chi connectivity index (χ2n) is 4.97. The number of thiophene rings is 1. The number of carbonyl (C=O) groups excluding carboxylic acids is 1. The molecule has 124 valence electrons. The molecule has 1 N–H and O–H groups in total. The molecular formula is C17H16N2O3S2. The number of nitrogens with zero attached hydrogens (tertiary/aromatic N) is 1. The number of hydrogen-bond acceptors (Lipinski definition) is 6. The van der Waals surface area contributed by atoms with E-state index in [1.165, 1.54) is 11.3 Å². The predicted octanol–water partition coefficient (Wildman–Crippen LogP) is 4.45. The van der Waals surface area contributed by atoms with E-state index in [0.717, 1.165) is 15.6 Å². The van der Waals surface area contributed by atoms with Gasteiger partial charge in [0.25, 0.3) is 5.91 Å². The topological polar surface area (TPSA) is 60.5 Å².